The molecule has 1 aromatic carbocycles. The molecule has 0 aromatic heterocycles. The molecule has 1 N–H and O–H groups in total. The molecular formula is C19H23FN2O3. The standard InChI is InChI=1S/C19H23FN2O3/c1-25-11-10-22-17-9-5-2-6-13(17)14(19(22)24)12-18(23)21-16-8-4-3-7-15(16)20/h3-4,7-8,17H,2,5-6,9-12H2,1H3,(H,21,23). The predicted molar refractivity (Wildman–Crippen MR) is 92.5 cm³/mol. The monoisotopic (exact) mass is 346 g/mol. The van der Waals surface area contributed by atoms with Crippen LogP contribution >= 0.6 is 0 Å². The van der Waals surface area contributed by atoms with E-state index in [0.717, 1.165) is 31.3 Å². The molecule has 2 aliphatic rings. The van der Waals surface area contributed by atoms with Crippen molar-refractivity contribution in [2.24, 2.45) is 0 Å². The van der Waals surface area contributed by atoms with Gasteiger partial charge in [0.2, 0.25) is 5.91 Å². The Balaban J connectivity index is 1.74. The Labute approximate surface area is 146 Å². The quantitative estimate of drug-likeness (QED) is 0.862. The molecule has 134 valence electrons. The van der Waals surface area contributed by atoms with Crippen molar-refractivity contribution < 1.29 is 18.7 Å². The maximum absolute atomic E-state index is 13.7. The van der Waals surface area contributed by atoms with Crippen molar-refractivity contribution in [2.75, 3.05) is 25.6 Å². The van der Waals surface area contributed by atoms with E-state index >= 15 is 0 Å². The molecule has 0 spiro atoms. The molecular weight excluding hydrogens is 323 g/mol. The lowest BCUT2D eigenvalue weighted by atomic mass is 9.88. The van der Waals surface area contributed by atoms with Crippen molar-refractivity contribution in [3.8, 4) is 0 Å². The van der Waals surface area contributed by atoms with Crippen LogP contribution in [0, 0.1) is 5.82 Å². The molecule has 1 heterocycles. The van der Waals surface area contributed by atoms with Gasteiger partial charge in [-0.1, -0.05) is 18.6 Å². The van der Waals surface area contributed by atoms with E-state index in [1.807, 2.05) is 4.90 Å². The molecule has 5 nitrogen and oxygen atoms in total. The summed E-state index contributed by atoms with van der Waals surface area (Å²) in [7, 11) is 1.61. The molecule has 1 atom stereocenters. The van der Waals surface area contributed by atoms with Crippen LogP contribution in [0.1, 0.15) is 32.1 Å². The van der Waals surface area contributed by atoms with Gasteiger partial charge in [-0.15, -0.1) is 0 Å². The van der Waals surface area contributed by atoms with E-state index in [0.29, 0.717) is 18.7 Å². The predicted octanol–water partition coefficient (Wildman–Crippen LogP) is 2.88. The smallest absolute Gasteiger partial charge is 0.250 e. The van der Waals surface area contributed by atoms with E-state index in [4.69, 9.17) is 4.74 Å². The van der Waals surface area contributed by atoms with Crippen LogP contribution in [0.15, 0.2) is 35.4 Å². The zero-order chi connectivity index (χ0) is 17.8. The fraction of sp³-hybridized carbons (Fsp3) is 0.474. The number of anilines is 1. The minimum Gasteiger partial charge on any atom is -0.383 e. The van der Waals surface area contributed by atoms with Crippen molar-refractivity contribution >= 4 is 17.5 Å². The first-order valence-corrected chi connectivity index (χ1v) is 8.68. The van der Waals surface area contributed by atoms with E-state index < -0.39 is 5.82 Å². The lowest BCUT2D eigenvalue weighted by Crippen LogP contribution is -2.39. The second-order valence-electron chi connectivity index (χ2n) is 6.46. The van der Waals surface area contributed by atoms with Crippen molar-refractivity contribution in [2.45, 2.75) is 38.1 Å². The van der Waals surface area contributed by atoms with Gasteiger partial charge in [0.25, 0.3) is 5.91 Å². The maximum atomic E-state index is 13.7. The molecule has 1 aliphatic heterocycles. The van der Waals surface area contributed by atoms with Crippen molar-refractivity contribution in [1.29, 1.82) is 0 Å². The summed E-state index contributed by atoms with van der Waals surface area (Å²) >= 11 is 0. The summed E-state index contributed by atoms with van der Waals surface area (Å²) in [5, 5.41) is 2.57. The van der Waals surface area contributed by atoms with Gasteiger partial charge in [0.15, 0.2) is 0 Å². The van der Waals surface area contributed by atoms with Crippen molar-refractivity contribution in [3.05, 3.63) is 41.2 Å². The summed E-state index contributed by atoms with van der Waals surface area (Å²) in [5.41, 5.74) is 1.80. The number of rotatable bonds is 6. The number of halogens is 1. The zero-order valence-corrected chi connectivity index (χ0v) is 14.4. The Morgan fingerprint density at radius 2 is 2.16 bits per heavy atom. The van der Waals surface area contributed by atoms with Gasteiger partial charge in [-0.3, -0.25) is 9.59 Å². The number of carbonyl (C=O) groups is 2. The Morgan fingerprint density at radius 1 is 1.36 bits per heavy atom. The van der Waals surface area contributed by atoms with Crippen LogP contribution in [0.25, 0.3) is 0 Å². The molecule has 0 bridgehead atoms. The van der Waals surface area contributed by atoms with Crippen LogP contribution in [0.3, 0.4) is 0 Å². The highest BCUT2D eigenvalue weighted by Gasteiger charge is 2.40. The largest absolute Gasteiger partial charge is 0.383 e. The number of amides is 2. The minimum absolute atomic E-state index is 0.0114. The van der Waals surface area contributed by atoms with E-state index in [1.165, 1.54) is 12.1 Å². The average Bonchev–Trinajstić information content (AvgIpc) is 2.87. The van der Waals surface area contributed by atoms with Gasteiger partial charge < -0.3 is 15.0 Å². The molecule has 1 aliphatic carbocycles. The second kappa shape index (κ2) is 7.78. The number of hydrogen-bond donors (Lipinski definition) is 1. The fourth-order valence-electron chi connectivity index (χ4n) is 3.70. The highest BCUT2D eigenvalue weighted by molar-refractivity contribution is 6.04. The molecule has 3 rings (SSSR count). The van der Waals surface area contributed by atoms with Crippen LogP contribution < -0.4 is 5.32 Å². The molecule has 0 saturated heterocycles. The molecule has 6 heteroatoms. The van der Waals surface area contributed by atoms with Crippen LogP contribution in [0.4, 0.5) is 10.1 Å². The lowest BCUT2D eigenvalue weighted by molar-refractivity contribution is -0.129. The number of ether oxygens (including phenoxy) is 1. The molecule has 25 heavy (non-hydrogen) atoms. The zero-order valence-electron chi connectivity index (χ0n) is 14.4. The first kappa shape index (κ1) is 17.6. The first-order valence-electron chi connectivity index (χ1n) is 8.68. The fourth-order valence-corrected chi connectivity index (χ4v) is 3.70. The van der Waals surface area contributed by atoms with Crippen molar-refractivity contribution in [3.63, 3.8) is 0 Å². The number of fused-ring (bicyclic) bond motifs is 1. The van der Waals surface area contributed by atoms with Gasteiger partial charge in [-0.05, 0) is 37.0 Å². The summed E-state index contributed by atoms with van der Waals surface area (Å²) < 4.78 is 18.8. The first-order chi connectivity index (χ1) is 12.1. The third-order valence-corrected chi connectivity index (χ3v) is 4.88. The summed E-state index contributed by atoms with van der Waals surface area (Å²) in [6.45, 7) is 1.01. The number of para-hydroxylation sites is 1. The number of hydrogen-bond acceptors (Lipinski definition) is 3. The van der Waals surface area contributed by atoms with Gasteiger partial charge >= 0.3 is 0 Å². The van der Waals surface area contributed by atoms with Gasteiger partial charge in [-0.25, -0.2) is 4.39 Å². The number of carbonyl (C=O) groups excluding carboxylic acids is 2. The van der Waals surface area contributed by atoms with Crippen molar-refractivity contribution in [1.82, 2.24) is 4.90 Å². The summed E-state index contributed by atoms with van der Waals surface area (Å²) in [6.07, 6.45) is 3.89. The average molecular weight is 346 g/mol. The van der Waals surface area contributed by atoms with E-state index in [-0.39, 0.29) is 30.0 Å². The highest BCUT2D eigenvalue weighted by Crippen LogP contribution is 2.37. The lowest BCUT2D eigenvalue weighted by Gasteiger charge is -2.29. The van der Waals surface area contributed by atoms with Crippen LogP contribution in [0.5, 0.6) is 0 Å². The summed E-state index contributed by atoms with van der Waals surface area (Å²) in [4.78, 5) is 27.0. The molecule has 0 radical (unpaired) electrons. The SMILES string of the molecule is COCCN1C(=O)C(CC(=O)Nc2ccccc2F)=C2CCCCC21. The van der Waals surface area contributed by atoms with Gasteiger partial charge in [0, 0.05) is 19.2 Å². The summed E-state index contributed by atoms with van der Waals surface area (Å²) in [6, 6.07) is 6.12. The maximum Gasteiger partial charge on any atom is 0.250 e. The second-order valence-corrected chi connectivity index (χ2v) is 6.46. The Bertz CT molecular complexity index is 702. The van der Waals surface area contributed by atoms with Gasteiger partial charge in [-0.2, -0.15) is 0 Å². The van der Waals surface area contributed by atoms with E-state index in [9.17, 15) is 14.0 Å². The third-order valence-electron chi connectivity index (χ3n) is 4.88. The minimum atomic E-state index is -0.483. The van der Waals surface area contributed by atoms with Crippen LogP contribution in [0.2, 0.25) is 0 Å². The van der Waals surface area contributed by atoms with Gasteiger partial charge in [0.05, 0.1) is 24.8 Å². The summed E-state index contributed by atoms with van der Waals surface area (Å²) in [5.74, 6) is -0.926. The van der Waals surface area contributed by atoms with Crippen LogP contribution in [-0.4, -0.2) is 43.0 Å². The Kier molecular flexibility index (Phi) is 5.48. The molecule has 1 fully saturated rings. The molecule has 2 amide bonds. The number of benzene rings is 1. The molecule has 1 unspecified atom stereocenters. The highest BCUT2D eigenvalue weighted by atomic mass is 19.1. The van der Waals surface area contributed by atoms with E-state index in [1.54, 1.807) is 19.2 Å². The van der Waals surface area contributed by atoms with Gasteiger partial charge in [0.1, 0.15) is 5.82 Å². The van der Waals surface area contributed by atoms with E-state index in [2.05, 4.69) is 5.32 Å². The topological polar surface area (TPSA) is 58.6 Å². The number of nitrogens with zero attached hydrogens (tertiary/aromatic N) is 1. The van der Waals surface area contributed by atoms with Crippen LogP contribution in [-0.2, 0) is 14.3 Å². The Hall–Kier alpha value is -2.21. The number of nitrogens with one attached hydrogen (secondary N) is 1. The normalized spacial score (nSPS) is 20.0. The third kappa shape index (κ3) is 3.74. The number of methoxy groups -OCH3 is 1. The molecule has 1 saturated carbocycles. The molecule has 1 aromatic rings. The Morgan fingerprint density at radius 3 is 2.92 bits per heavy atom.